The fourth-order valence-electron chi connectivity index (χ4n) is 2.27. The van der Waals surface area contributed by atoms with E-state index in [2.05, 4.69) is 10.1 Å². The lowest BCUT2D eigenvalue weighted by atomic mass is 10.1. The fraction of sp³-hybridized carbons (Fsp3) is 0.133. The van der Waals surface area contributed by atoms with E-state index in [1.807, 2.05) is 44.2 Å². The molecular weight excluding hydrogens is 254 g/mol. The smallest absolute Gasteiger partial charge is 0.339 e. The number of para-hydroxylation sites is 1. The molecule has 1 aromatic carbocycles. The zero-order valence-electron chi connectivity index (χ0n) is 11.2. The van der Waals surface area contributed by atoms with Crippen molar-refractivity contribution in [3.63, 3.8) is 0 Å². The van der Waals surface area contributed by atoms with Crippen molar-refractivity contribution in [2.45, 2.75) is 13.8 Å². The maximum absolute atomic E-state index is 11.5. The minimum Gasteiger partial charge on any atom is -0.478 e. The standard InChI is InChI=1S/C15H13N3O2/c1-9-7-10(2)18(17-9)14-12(15(19)20)8-11-5-3-4-6-13(11)16-14/h3-8H,1-2H3,(H,19,20). The molecule has 0 atom stereocenters. The molecule has 3 aromatic rings. The molecule has 0 spiro atoms. The van der Waals surface area contributed by atoms with Crippen LogP contribution in [0.1, 0.15) is 21.7 Å². The summed E-state index contributed by atoms with van der Waals surface area (Å²) in [6, 6.07) is 11.0. The van der Waals surface area contributed by atoms with Crippen LogP contribution in [0.2, 0.25) is 0 Å². The van der Waals surface area contributed by atoms with E-state index in [-0.39, 0.29) is 5.56 Å². The molecular formula is C15H13N3O2. The third-order valence-corrected chi connectivity index (χ3v) is 3.14. The lowest BCUT2D eigenvalue weighted by Crippen LogP contribution is -2.10. The van der Waals surface area contributed by atoms with Gasteiger partial charge in [0, 0.05) is 11.1 Å². The number of aryl methyl sites for hydroxylation is 2. The summed E-state index contributed by atoms with van der Waals surface area (Å²) in [5.74, 6) is -0.660. The molecule has 0 radical (unpaired) electrons. The predicted octanol–water partition coefficient (Wildman–Crippen LogP) is 2.74. The molecule has 0 amide bonds. The summed E-state index contributed by atoms with van der Waals surface area (Å²) in [7, 11) is 0. The summed E-state index contributed by atoms with van der Waals surface area (Å²) in [6.45, 7) is 3.74. The summed E-state index contributed by atoms with van der Waals surface area (Å²) in [5.41, 5.74) is 2.58. The van der Waals surface area contributed by atoms with Crippen molar-refractivity contribution < 1.29 is 9.90 Å². The van der Waals surface area contributed by atoms with Crippen LogP contribution in [0.3, 0.4) is 0 Å². The Morgan fingerprint density at radius 1 is 1.20 bits per heavy atom. The second-order valence-corrected chi connectivity index (χ2v) is 4.70. The summed E-state index contributed by atoms with van der Waals surface area (Å²) >= 11 is 0. The highest BCUT2D eigenvalue weighted by atomic mass is 16.4. The number of pyridine rings is 1. The van der Waals surface area contributed by atoms with Crippen molar-refractivity contribution in [3.8, 4) is 5.82 Å². The summed E-state index contributed by atoms with van der Waals surface area (Å²) in [4.78, 5) is 15.9. The van der Waals surface area contributed by atoms with Crippen molar-refractivity contribution in [3.05, 3.63) is 53.3 Å². The number of aromatic carboxylic acids is 1. The minimum atomic E-state index is -1.01. The van der Waals surface area contributed by atoms with Crippen LogP contribution in [0.15, 0.2) is 36.4 Å². The maximum atomic E-state index is 11.5. The van der Waals surface area contributed by atoms with Crippen LogP contribution in [-0.2, 0) is 0 Å². The fourth-order valence-corrected chi connectivity index (χ4v) is 2.27. The molecule has 20 heavy (non-hydrogen) atoms. The van der Waals surface area contributed by atoms with Crippen molar-refractivity contribution >= 4 is 16.9 Å². The van der Waals surface area contributed by atoms with Crippen LogP contribution in [0.25, 0.3) is 16.7 Å². The normalized spacial score (nSPS) is 10.9. The number of hydrogen-bond acceptors (Lipinski definition) is 3. The van der Waals surface area contributed by atoms with Gasteiger partial charge in [0.1, 0.15) is 5.56 Å². The van der Waals surface area contributed by atoms with E-state index < -0.39 is 5.97 Å². The van der Waals surface area contributed by atoms with E-state index in [9.17, 15) is 9.90 Å². The van der Waals surface area contributed by atoms with Crippen LogP contribution in [-0.4, -0.2) is 25.8 Å². The molecule has 2 heterocycles. The van der Waals surface area contributed by atoms with Gasteiger partial charge in [0.25, 0.3) is 0 Å². The average Bonchev–Trinajstić information content (AvgIpc) is 2.76. The van der Waals surface area contributed by atoms with E-state index >= 15 is 0 Å². The van der Waals surface area contributed by atoms with Gasteiger partial charge in [0.15, 0.2) is 5.82 Å². The number of fused-ring (bicyclic) bond motifs is 1. The van der Waals surface area contributed by atoms with Gasteiger partial charge < -0.3 is 5.11 Å². The lowest BCUT2D eigenvalue weighted by Gasteiger charge is -2.09. The number of benzene rings is 1. The monoisotopic (exact) mass is 267 g/mol. The first-order valence-electron chi connectivity index (χ1n) is 6.23. The van der Waals surface area contributed by atoms with Crippen LogP contribution >= 0.6 is 0 Å². The number of carboxylic acid groups (broad SMARTS) is 1. The van der Waals surface area contributed by atoms with Crippen LogP contribution in [0.4, 0.5) is 0 Å². The Morgan fingerprint density at radius 2 is 1.95 bits per heavy atom. The molecule has 0 aliphatic carbocycles. The lowest BCUT2D eigenvalue weighted by molar-refractivity contribution is 0.0696. The number of hydrogen-bond donors (Lipinski definition) is 1. The van der Waals surface area contributed by atoms with Gasteiger partial charge in [0.05, 0.1) is 11.2 Å². The van der Waals surface area contributed by atoms with Gasteiger partial charge in [-0.15, -0.1) is 0 Å². The molecule has 5 heteroatoms. The Hall–Kier alpha value is -2.69. The van der Waals surface area contributed by atoms with Crippen molar-refractivity contribution in [1.29, 1.82) is 0 Å². The summed E-state index contributed by atoms with van der Waals surface area (Å²) in [6.07, 6.45) is 0. The number of aromatic nitrogens is 3. The molecule has 0 saturated heterocycles. The Morgan fingerprint density at radius 3 is 2.60 bits per heavy atom. The van der Waals surface area contributed by atoms with Crippen LogP contribution in [0, 0.1) is 13.8 Å². The van der Waals surface area contributed by atoms with E-state index in [1.165, 1.54) is 0 Å². The number of nitrogens with zero attached hydrogens (tertiary/aromatic N) is 3. The first-order valence-corrected chi connectivity index (χ1v) is 6.23. The van der Waals surface area contributed by atoms with Crippen LogP contribution < -0.4 is 0 Å². The highest BCUT2D eigenvalue weighted by Crippen LogP contribution is 2.21. The Labute approximate surface area is 115 Å². The second kappa shape index (κ2) is 4.45. The van der Waals surface area contributed by atoms with Gasteiger partial charge >= 0.3 is 5.97 Å². The molecule has 0 fully saturated rings. The molecule has 0 bridgehead atoms. The van der Waals surface area contributed by atoms with Gasteiger partial charge in [0.2, 0.25) is 0 Å². The number of rotatable bonds is 2. The molecule has 1 N–H and O–H groups in total. The Kier molecular flexibility index (Phi) is 2.75. The first-order chi connectivity index (χ1) is 9.56. The third kappa shape index (κ3) is 1.93. The summed E-state index contributed by atoms with van der Waals surface area (Å²) < 4.78 is 1.57. The van der Waals surface area contributed by atoms with Gasteiger partial charge in [-0.25, -0.2) is 14.5 Å². The summed E-state index contributed by atoms with van der Waals surface area (Å²) in [5, 5.41) is 14.5. The van der Waals surface area contributed by atoms with Crippen molar-refractivity contribution in [2.24, 2.45) is 0 Å². The number of carboxylic acids is 1. The van der Waals surface area contributed by atoms with Crippen LogP contribution in [0.5, 0.6) is 0 Å². The maximum Gasteiger partial charge on any atom is 0.339 e. The van der Waals surface area contributed by atoms with Gasteiger partial charge in [-0.2, -0.15) is 5.10 Å². The highest BCUT2D eigenvalue weighted by Gasteiger charge is 2.17. The molecule has 0 aliphatic heterocycles. The quantitative estimate of drug-likeness (QED) is 0.775. The molecule has 2 aromatic heterocycles. The Bertz CT molecular complexity index is 821. The third-order valence-electron chi connectivity index (χ3n) is 3.14. The molecule has 0 aliphatic rings. The van der Waals surface area contributed by atoms with Crippen molar-refractivity contribution in [1.82, 2.24) is 14.8 Å². The van der Waals surface area contributed by atoms with Gasteiger partial charge in [-0.1, -0.05) is 18.2 Å². The largest absolute Gasteiger partial charge is 0.478 e. The Balaban J connectivity index is 2.35. The van der Waals surface area contributed by atoms with E-state index in [0.717, 1.165) is 22.3 Å². The topological polar surface area (TPSA) is 68.0 Å². The van der Waals surface area contributed by atoms with E-state index in [1.54, 1.807) is 10.7 Å². The molecule has 3 rings (SSSR count). The zero-order valence-corrected chi connectivity index (χ0v) is 11.2. The highest BCUT2D eigenvalue weighted by molar-refractivity contribution is 5.96. The zero-order chi connectivity index (χ0) is 14.3. The molecule has 0 unspecified atom stereocenters. The van der Waals surface area contributed by atoms with Crippen molar-refractivity contribution in [2.75, 3.05) is 0 Å². The predicted molar refractivity (Wildman–Crippen MR) is 75.3 cm³/mol. The number of carbonyl (C=O) groups is 1. The molecule has 100 valence electrons. The SMILES string of the molecule is Cc1cc(C)n(-c2nc3ccccc3cc2C(=O)O)n1. The van der Waals surface area contributed by atoms with Gasteiger partial charge in [-0.05, 0) is 32.0 Å². The van der Waals surface area contributed by atoms with Gasteiger partial charge in [-0.3, -0.25) is 0 Å². The van der Waals surface area contributed by atoms with E-state index in [4.69, 9.17) is 0 Å². The molecule has 0 saturated carbocycles. The van der Waals surface area contributed by atoms with E-state index in [0.29, 0.717) is 5.82 Å². The first kappa shape index (κ1) is 12.3. The molecule has 5 nitrogen and oxygen atoms in total. The minimum absolute atomic E-state index is 0.148. The average molecular weight is 267 g/mol. The second-order valence-electron chi connectivity index (χ2n) is 4.70.